The van der Waals surface area contributed by atoms with E-state index in [2.05, 4.69) is 28.9 Å². The van der Waals surface area contributed by atoms with Crippen molar-refractivity contribution < 1.29 is 18.7 Å². The van der Waals surface area contributed by atoms with Crippen molar-refractivity contribution in [3.8, 4) is 11.8 Å². The monoisotopic (exact) mass is 570 g/mol. The van der Waals surface area contributed by atoms with Gasteiger partial charge in [-0.25, -0.2) is 0 Å². The number of anilines is 2. The van der Waals surface area contributed by atoms with E-state index in [9.17, 15) is 14.9 Å². The number of unbranched alkanes of at least 4 members (excludes halogenated alkanes) is 1. The Morgan fingerprint density at radius 1 is 1.05 bits per heavy atom. The number of rotatable bonds is 12. The number of carbonyl (C=O) groups is 2. The molecule has 0 radical (unpaired) electrons. The van der Waals surface area contributed by atoms with Gasteiger partial charge in [0, 0.05) is 17.1 Å². The van der Waals surface area contributed by atoms with Gasteiger partial charge in [-0.2, -0.15) is 5.26 Å². The topological polar surface area (TPSA) is 116 Å². The summed E-state index contributed by atoms with van der Waals surface area (Å²) in [6, 6.07) is 20.7. The van der Waals surface area contributed by atoms with E-state index in [-0.39, 0.29) is 17.6 Å². The number of dihydropyridines is 1. The van der Waals surface area contributed by atoms with Gasteiger partial charge in [-0.1, -0.05) is 37.2 Å². The lowest BCUT2D eigenvalue weighted by Crippen LogP contribution is -2.31. The summed E-state index contributed by atoms with van der Waals surface area (Å²) in [5.41, 5.74) is 3.79. The van der Waals surface area contributed by atoms with Crippen LogP contribution >= 0.6 is 11.8 Å². The highest BCUT2D eigenvalue weighted by molar-refractivity contribution is 8.03. The van der Waals surface area contributed by atoms with Gasteiger partial charge in [0.1, 0.15) is 11.5 Å². The number of nitriles is 1. The number of allylic oxidation sites excluding steroid dienone is 2. The van der Waals surface area contributed by atoms with Gasteiger partial charge in [0.15, 0.2) is 0 Å². The van der Waals surface area contributed by atoms with E-state index in [0.717, 1.165) is 24.9 Å². The Morgan fingerprint density at radius 3 is 2.39 bits per heavy atom. The highest BCUT2D eigenvalue weighted by atomic mass is 32.2. The molecule has 1 atom stereocenters. The van der Waals surface area contributed by atoms with Crippen LogP contribution in [0.25, 0.3) is 0 Å². The molecule has 0 bridgehead atoms. The summed E-state index contributed by atoms with van der Waals surface area (Å²) in [4.78, 5) is 26.3. The molecule has 1 aromatic heterocycles. The Morgan fingerprint density at radius 2 is 1.76 bits per heavy atom. The van der Waals surface area contributed by atoms with Crippen LogP contribution < -0.4 is 20.7 Å². The summed E-state index contributed by atoms with van der Waals surface area (Å²) < 4.78 is 11.2. The predicted octanol–water partition coefficient (Wildman–Crippen LogP) is 6.73. The number of aryl methyl sites for hydroxylation is 1. The van der Waals surface area contributed by atoms with Crippen LogP contribution in [0.5, 0.6) is 5.75 Å². The molecule has 0 saturated carbocycles. The Balaban J connectivity index is 1.49. The number of furan rings is 1. The molecule has 0 aliphatic carbocycles. The summed E-state index contributed by atoms with van der Waals surface area (Å²) >= 11 is 1.21. The fraction of sp³-hybridized carbons (Fsp3) is 0.281. The van der Waals surface area contributed by atoms with E-state index in [1.165, 1.54) is 23.6 Å². The second-order valence-corrected chi connectivity index (χ2v) is 10.5. The normalized spacial score (nSPS) is 14.7. The summed E-state index contributed by atoms with van der Waals surface area (Å²) in [7, 11) is 0. The smallest absolute Gasteiger partial charge is 0.254 e. The van der Waals surface area contributed by atoms with Crippen LogP contribution in [0.3, 0.4) is 0 Å². The van der Waals surface area contributed by atoms with Crippen molar-refractivity contribution in [3.05, 3.63) is 100 Å². The van der Waals surface area contributed by atoms with Crippen LogP contribution in [0.1, 0.15) is 50.9 Å². The number of thioether (sulfide) groups is 1. The first-order valence-electron chi connectivity index (χ1n) is 13.6. The van der Waals surface area contributed by atoms with Gasteiger partial charge in [0.25, 0.3) is 5.91 Å². The zero-order valence-electron chi connectivity index (χ0n) is 23.5. The first kappa shape index (κ1) is 29.6. The van der Waals surface area contributed by atoms with Crippen molar-refractivity contribution in [2.45, 2.75) is 46.0 Å². The molecule has 41 heavy (non-hydrogen) atoms. The van der Waals surface area contributed by atoms with Gasteiger partial charge in [-0.05, 0) is 80.8 Å². The molecule has 2 aromatic carbocycles. The second kappa shape index (κ2) is 14.3. The minimum absolute atomic E-state index is 0.0803. The minimum atomic E-state index is -0.736. The van der Waals surface area contributed by atoms with Crippen molar-refractivity contribution in [2.75, 3.05) is 23.0 Å². The number of carbonyl (C=O) groups excluding carboxylic acids is 2. The van der Waals surface area contributed by atoms with Crippen LogP contribution in [-0.2, 0) is 16.0 Å². The van der Waals surface area contributed by atoms with Crippen LogP contribution in [0.4, 0.5) is 11.4 Å². The van der Waals surface area contributed by atoms with Gasteiger partial charge in [0.05, 0.1) is 46.8 Å². The molecule has 2 heterocycles. The molecule has 1 aliphatic heterocycles. The van der Waals surface area contributed by atoms with E-state index < -0.39 is 5.92 Å². The van der Waals surface area contributed by atoms with E-state index in [1.54, 1.807) is 43.3 Å². The Kier molecular flexibility index (Phi) is 10.3. The van der Waals surface area contributed by atoms with Gasteiger partial charge >= 0.3 is 0 Å². The number of amides is 2. The SMILES string of the molecule is CCCCc1ccc(NC(=O)CSC2=C(C#N)[C@@H](c3ccco3)C(C(=O)Nc3ccc(OCC)cc3)=C(C)N2)cc1. The summed E-state index contributed by atoms with van der Waals surface area (Å²) in [6.45, 7) is 6.39. The van der Waals surface area contributed by atoms with E-state index in [1.807, 2.05) is 31.2 Å². The van der Waals surface area contributed by atoms with E-state index in [0.29, 0.717) is 45.7 Å². The molecule has 0 unspecified atom stereocenters. The molecule has 9 heteroatoms. The molecule has 1 aliphatic rings. The molecular weight excluding hydrogens is 536 g/mol. The molecule has 4 rings (SSSR count). The summed E-state index contributed by atoms with van der Waals surface area (Å²) in [5.74, 6) is -0.0458. The maximum absolute atomic E-state index is 13.5. The summed E-state index contributed by atoms with van der Waals surface area (Å²) in [6.07, 6.45) is 4.79. The predicted molar refractivity (Wildman–Crippen MR) is 162 cm³/mol. The first-order valence-corrected chi connectivity index (χ1v) is 14.6. The third kappa shape index (κ3) is 7.62. The summed E-state index contributed by atoms with van der Waals surface area (Å²) in [5, 5.41) is 19.7. The Labute approximate surface area is 244 Å². The van der Waals surface area contributed by atoms with Gasteiger partial charge < -0.3 is 25.1 Å². The zero-order valence-corrected chi connectivity index (χ0v) is 24.3. The first-order chi connectivity index (χ1) is 19.9. The number of hydrogen-bond acceptors (Lipinski definition) is 7. The third-order valence-electron chi connectivity index (χ3n) is 6.55. The molecule has 3 aromatic rings. The molecule has 0 saturated heterocycles. The third-order valence-corrected chi connectivity index (χ3v) is 7.56. The molecule has 212 valence electrons. The lowest BCUT2D eigenvalue weighted by molar-refractivity contribution is -0.114. The average Bonchev–Trinajstić information content (AvgIpc) is 3.51. The average molecular weight is 571 g/mol. The highest BCUT2D eigenvalue weighted by Gasteiger charge is 2.36. The van der Waals surface area contributed by atoms with E-state index >= 15 is 0 Å². The van der Waals surface area contributed by atoms with Crippen molar-refractivity contribution in [1.82, 2.24) is 5.32 Å². The van der Waals surface area contributed by atoms with Crippen molar-refractivity contribution in [3.63, 3.8) is 0 Å². The van der Waals surface area contributed by atoms with Crippen LogP contribution in [0.15, 0.2) is 93.2 Å². The number of nitrogens with zero attached hydrogens (tertiary/aromatic N) is 1. The lowest BCUT2D eigenvalue weighted by Gasteiger charge is -2.28. The maximum atomic E-state index is 13.5. The zero-order chi connectivity index (χ0) is 29.2. The molecule has 0 fully saturated rings. The van der Waals surface area contributed by atoms with E-state index in [4.69, 9.17) is 9.15 Å². The highest BCUT2D eigenvalue weighted by Crippen LogP contribution is 2.41. The molecule has 8 nitrogen and oxygen atoms in total. The molecular formula is C32H34N4O4S. The number of nitrogens with one attached hydrogen (secondary N) is 3. The molecule has 0 spiro atoms. The number of benzene rings is 2. The largest absolute Gasteiger partial charge is 0.494 e. The van der Waals surface area contributed by atoms with Crippen molar-refractivity contribution >= 4 is 35.0 Å². The van der Waals surface area contributed by atoms with Crippen molar-refractivity contribution in [2.24, 2.45) is 0 Å². The van der Waals surface area contributed by atoms with Crippen LogP contribution in [0.2, 0.25) is 0 Å². The quantitative estimate of drug-likeness (QED) is 0.221. The second-order valence-electron chi connectivity index (χ2n) is 9.52. The number of hydrogen-bond donors (Lipinski definition) is 3. The molecule has 2 amide bonds. The van der Waals surface area contributed by atoms with Crippen molar-refractivity contribution in [1.29, 1.82) is 5.26 Å². The van der Waals surface area contributed by atoms with Gasteiger partial charge in [-0.15, -0.1) is 0 Å². The fourth-order valence-electron chi connectivity index (χ4n) is 4.54. The Hall–Kier alpha value is -4.42. The molecule has 3 N–H and O–H groups in total. The van der Waals surface area contributed by atoms with Crippen LogP contribution in [0, 0.1) is 11.3 Å². The van der Waals surface area contributed by atoms with Crippen LogP contribution in [-0.4, -0.2) is 24.2 Å². The lowest BCUT2D eigenvalue weighted by atomic mass is 9.85. The van der Waals surface area contributed by atoms with Gasteiger partial charge in [0.2, 0.25) is 5.91 Å². The Bertz CT molecular complexity index is 1450. The number of ether oxygens (including phenoxy) is 1. The standard InChI is InChI=1S/C32H34N4O4S/c1-4-6-8-22-10-12-23(13-11-22)35-28(37)20-41-32-26(19-33)30(27-9-7-18-40-27)29(21(3)34-32)31(38)36-24-14-16-25(17-15-24)39-5-2/h7,9-18,30,34H,4-6,8,20H2,1-3H3,(H,35,37)(H,36,38)/t30-/m0/s1. The minimum Gasteiger partial charge on any atom is -0.494 e. The van der Waals surface area contributed by atoms with Gasteiger partial charge in [-0.3, -0.25) is 9.59 Å². The fourth-order valence-corrected chi connectivity index (χ4v) is 5.43. The maximum Gasteiger partial charge on any atom is 0.254 e.